The molecule has 0 spiro atoms. The zero-order valence-electron chi connectivity index (χ0n) is 17.7. The number of nitrogens with one attached hydrogen (secondary N) is 3. The Balaban J connectivity index is 1.23. The first-order chi connectivity index (χ1) is 16.0. The molecule has 0 saturated carbocycles. The van der Waals surface area contributed by atoms with Gasteiger partial charge in [0.2, 0.25) is 11.3 Å². The molecule has 2 aromatic heterocycles. The van der Waals surface area contributed by atoms with E-state index in [2.05, 4.69) is 15.3 Å². The molecule has 0 radical (unpaired) electrons. The first-order valence-electron chi connectivity index (χ1n) is 10.6. The molecular weight excluding hydrogens is 423 g/mol. The van der Waals surface area contributed by atoms with E-state index in [1.807, 2.05) is 12.3 Å². The second-order valence-corrected chi connectivity index (χ2v) is 7.97. The summed E-state index contributed by atoms with van der Waals surface area (Å²) < 4.78 is 13.4. The van der Waals surface area contributed by atoms with Crippen LogP contribution in [-0.4, -0.2) is 46.3 Å². The number of rotatable bonds is 4. The van der Waals surface area contributed by atoms with Gasteiger partial charge in [-0.3, -0.25) is 14.4 Å². The second-order valence-electron chi connectivity index (χ2n) is 7.97. The summed E-state index contributed by atoms with van der Waals surface area (Å²) >= 11 is 0. The monoisotopic (exact) mass is 444 g/mol. The minimum atomic E-state index is -0.588. The molecule has 166 valence electrons. The number of pyridine rings is 1. The number of halogens is 1. The molecule has 2 amide bonds. The second kappa shape index (κ2) is 8.38. The standard InChI is InChI=1S/C25H21FN4O3/c26-16-5-6-17-19(12-28-22(17)11-16)15-7-9-30(10-8-15)23(31)14-29-25(33)20-13-27-21-4-2-1-3-18(21)24(20)32/h1-7,11-13,28H,8-10,14H2,(H,27,32)(H,29,33). The Morgan fingerprint density at radius 2 is 1.85 bits per heavy atom. The quantitative estimate of drug-likeness (QED) is 0.451. The Morgan fingerprint density at radius 3 is 2.67 bits per heavy atom. The fraction of sp³-hybridized carbons (Fsp3) is 0.160. The SMILES string of the molecule is O=C(NCC(=O)N1CC=C(c2c[nH]c3cc(F)ccc23)CC1)c1c[nH]c2ccccc2c1=O. The number of aromatic nitrogens is 2. The topological polar surface area (TPSA) is 98.1 Å². The number of aromatic amines is 2. The van der Waals surface area contributed by atoms with Crippen molar-refractivity contribution in [1.82, 2.24) is 20.2 Å². The molecule has 8 heteroatoms. The molecule has 0 fully saturated rings. The van der Waals surface area contributed by atoms with Gasteiger partial charge >= 0.3 is 0 Å². The molecule has 1 aliphatic heterocycles. The van der Waals surface area contributed by atoms with Crippen molar-refractivity contribution in [2.45, 2.75) is 6.42 Å². The van der Waals surface area contributed by atoms with Crippen LogP contribution in [0.2, 0.25) is 0 Å². The predicted octanol–water partition coefficient (Wildman–Crippen LogP) is 3.19. The number of fused-ring (bicyclic) bond motifs is 2. The highest BCUT2D eigenvalue weighted by atomic mass is 19.1. The zero-order chi connectivity index (χ0) is 22.9. The summed E-state index contributed by atoms with van der Waals surface area (Å²) in [4.78, 5) is 45.4. The van der Waals surface area contributed by atoms with Crippen molar-refractivity contribution in [3.05, 3.63) is 88.1 Å². The average Bonchev–Trinajstić information content (AvgIpc) is 3.26. The third-order valence-electron chi connectivity index (χ3n) is 5.98. The molecule has 4 aromatic rings. The summed E-state index contributed by atoms with van der Waals surface area (Å²) in [5, 5.41) is 3.92. The maximum atomic E-state index is 13.4. The Bertz CT molecular complexity index is 1480. The number of hydrogen-bond donors (Lipinski definition) is 3. The van der Waals surface area contributed by atoms with Crippen LogP contribution in [0.5, 0.6) is 0 Å². The highest BCUT2D eigenvalue weighted by molar-refractivity contribution is 5.99. The van der Waals surface area contributed by atoms with Gasteiger partial charge in [-0.1, -0.05) is 18.2 Å². The summed E-state index contributed by atoms with van der Waals surface area (Å²) in [6.45, 7) is 0.722. The van der Waals surface area contributed by atoms with Crippen LogP contribution >= 0.6 is 0 Å². The number of H-pyrrole nitrogens is 2. The van der Waals surface area contributed by atoms with Crippen molar-refractivity contribution in [2.24, 2.45) is 0 Å². The molecule has 0 atom stereocenters. The lowest BCUT2D eigenvalue weighted by Gasteiger charge is -2.26. The van der Waals surface area contributed by atoms with Gasteiger partial charge in [0.15, 0.2) is 0 Å². The van der Waals surface area contributed by atoms with Crippen molar-refractivity contribution in [3.8, 4) is 0 Å². The van der Waals surface area contributed by atoms with Gasteiger partial charge in [-0.2, -0.15) is 0 Å². The predicted molar refractivity (Wildman–Crippen MR) is 124 cm³/mol. The average molecular weight is 444 g/mol. The van der Waals surface area contributed by atoms with Gasteiger partial charge in [0.25, 0.3) is 5.91 Å². The number of benzene rings is 2. The van der Waals surface area contributed by atoms with E-state index < -0.39 is 5.91 Å². The summed E-state index contributed by atoms with van der Waals surface area (Å²) in [7, 11) is 0. The van der Waals surface area contributed by atoms with E-state index in [4.69, 9.17) is 0 Å². The Labute approximate surface area is 187 Å². The molecule has 0 unspecified atom stereocenters. The summed E-state index contributed by atoms with van der Waals surface area (Å²) in [6, 6.07) is 11.6. The highest BCUT2D eigenvalue weighted by Crippen LogP contribution is 2.29. The van der Waals surface area contributed by atoms with Gasteiger partial charge in [-0.05, 0) is 42.3 Å². The Hall–Kier alpha value is -4.20. The lowest BCUT2D eigenvalue weighted by molar-refractivity contribution is -0.129. The van der Waals surface area contributed by atoms with Crippen molar-refractivity contribution in [2.75, 3.05) is 19.6 Å². The van der Waals surface area contributed by atoms with Crippen molar-refractivity contribution >= 4 is 39.2 Å². The van der Waals surface area contributed by atoms with E-state index in [1.165, 1.54) is 18.3 Å². The smallest absolute Gasteiger partial charge is 0.257 e. The highest BCUT2D eigenvalue weighted by Gasteiger charge is 2.21. The molecule has 3 N–H and O–H groups in total. The van der Waals surface area contributed by atoms with Gasteiger partial charge in [0.1, 0.15) is 11.4 Å². The minimum Gasteiger partial charge on any atom is -0.360 e. The van der Waals surface area contributed by atoms with Crippen LogP contribution < -0.4 is 10.7 Å². The summed E-state index contributed by atoms with van der Waals surface area (Å²) in [5.74, 6) is -1.11. The number of para-hydroxylation sites is 1. The normalized spacial score (nSPS) is 13.8. The number of carbonyl (C=O) groups excluding carboxylic acids is 2. The lowest BCUT2D eigenvalue weighted by atomic mass is 9.99. The van der Waals surface area contributed by atoms with E-state index in [-0.39, 0.29) is 29.3 Å². The molecule has 3 heterocycles. The van der Waals surface area contributed by atoms with Crippen molar-refractivity contribution in [1.29, 1.82) is 0 Å². The molecule has 1 aliphatic rings. The maximum Gasteiger partial charge on any atom is 0.257 e. The maximum absolute atomic E-state index is 13.4. The number of carbonyl (C=O) groups is 2. The van der Waals surface area contributed by atoms with Crippen LogP contribution in [0.1, 0.15) is 22.3 Å². The minimum absolute atomic E-state index is 0.0295. The molecular formula is C25H21FN4O3. The molecule has 0 bridgehead atoms. The van der Waals surface area contributed by atoms with Crippen LogP contribution in [0.25, 0.3) is 27.4 Å². The third-order valence-corrected chi connectivity index (χ3v) is 5.98. The third kappa shape index (κ3) is 3.91. The first-order valence-corrected chi connectivity index (χ1v) is 10.6. The number of nitrogens with zero attached hydrogens (tertiary/aromatic N) is 1. The molecule has 5 rings (SSSR count). The molecule has 0 saturated heterocycles. The zero-order valence-corrected chi connectivity index (χ0v) is 17.7. The van der Waals surface area contributed by atoms with Crippen LogP contribution in [0.4, 0.5) is 4.39 Å². The van der Waals surface area contributed by atoms with E-state index in [0.717, 1.165) is 22.0 Å². The van der Waals surface area contributed by atoms with Crippen LogP contribution in [0, 0.1) is 5.82 Å². The largest absolute Gasteiger partial charge is 0.360 e. The van der Waals surface area contributed by atoms with Gasteiger partial charge < -0.3 is 20.2 Å². The van der Waals surface area contributed by atoms with Crippen LogP contribution in [-0.2, 0) is 4.79 Å². The Kier molecular flexibility index (Phi) is 5.26. The number of hydrogen-bond acceptors (Lipinski definition) is 3. The van der Waals surface area contributed by atoms with Gasteiger partial charge in [0, 0.05) is 52.9 Å². The first kappa shape index (κ1) is 20.7. The molecule has 7 nitrogen and oxygen atoms in total. The van der Waals surface area contributed by atoms with Crippen molar-refractivity contribution in [3.63, 3.8) is 0 Å². The number of amides is 2. The Morgan fingerprint density at radius 1 is 1.03 bits per heavy atom. The van der Waals surface area contributed by atoms with E-state index in [0.29, 0.717) is 30.4 Å². The fourth-order valence-corrected chi connectivity index (χ4v) is 4.20. The van der Waals surface area contributed by atoms with Gasteiger partial charge in [-0.15, -0.1) is 0 Å². The molecule has 0 aliphatic carbocycles. The van der Waals surface area contributed by atoms with E-state index in [1.54, 1.807) is 35.2 Å². The van der Waals surface area contributed by atoms with Crippen LogP contribution in [0.15, 0.2) is 65.7 Å². The van der Waals surface area contributed by atoms with Gasteiger partial charge in [0.05, 0.1) is 6.54 Å². The molecule has 2 aromatic carbocycles. The molecule has 33 heavy (non-hydrogen) atoms. The summed E-state index contributed by atoms with van der Waals surface area (Å²) in [6.07, 6.45) is 5.85. The van der Waals surface area contributed by atoms with Gasteiger partial charge in [-0.25, -0.2) is 4.39 Å². The van der Waals surface area contributed by atoms with Crippen molar-refractivity contribution < 1.29 is 14.0 Å². The lowest BCUT2D eigenvalue weighted by Crippen LogP contribution is -2.42. The van der Waals surface area contributed by atoms with Crippen LogP contribution in [0.3, 0.4) is 0 Å². The fourth-order valence-electron chi connectivity index (χ4n) is 4.20. The van der Waals surface area contributed by atoms with E-state index >= 15 is 0 Å². The van der Waals surface area contributed by atoms with E-state index in [9.17, 15) is 18.8 Å². The summed E-state index contributed by atoms with van der Waals surface area (Å²) in [5.41, 5.74) is 3.06.